The number of nitrogens with one attached hydrogen (secondary N) is 3. The summed E-state index contributed by atoms with van der Waals surface area (Å²) in [5.74, 6) is -0.244. The highest BCUT2D eigenvalue weighted by Gasteiger charge is 2.17. The van der Waals surface area contributed by atoms with Crippen LogP contribution in [-0.2, 0) is 14.8 Å². The molecule has 2 aromatic rings. The lowest BCUT2D eigenvalue weighted by Gasteiger charge is -2.18. The monoisotopic (exact) mass is 473 g/mol. The molecule has 0 radical (unpaired) electrons. The van der Waals surface area contributed by atoms with E-state index in [0.717, 1.165) is 11.4 Å². The van der Waals surface area contributed by atoms with E-state index in [1.54, 1.807) is 19.2 Å². The van der Waals surface area contributed by atoms with Gasteiger partial charge in [0, 0.05) is 18.7 Å². The predicted molar refractivity (Wildman–Crippen MR) is 124 cm³/mol. The van der Waals surface area contributed by atoms with Crippen molar-refractivity contribution in [3.8, 4) is 10.4 Å². The van der Waals surface area contributed by atoms with Crippen LogP contribution in [0.5, 0.6) is 0 Å². The Balaban J connectivity index is 2.08. The first-order valence-electron chi connectivity index (χ1n) is 9.48. The van der Waals surface area contributed by atoms with Crippen LogP contribution in [0.4, 0.5) is 10.8 Å². The topological polar surface area (TPSA) is 113 Å². The summed E-state index contributed by atoms with van der Waals surface area (Å²) in [6.45, 7) is 11.0. The van der Waals surface area contributed by atoms with Crippen molar-refractivity contribution in [1.29, 1.82) is 0 Å². The van der Waals surface area contributed by atoms with E-state index in [1.807, 2.05) is 0 Å². The number of rotatable bonds is 9. The zero-order valence-electron chi connectivity index (χ0n) is 17.8. The van der Waals surface area contributed by atoms with E-state index in [2.05, 4.69) is 46.1 Å². The molecule has 8 nitrogen and oxygen atoms in total. The lowest BCUT2D eigenvalue weighted by molar-refractivity contribution is -0.114. The molecule has 0 spiro atoms. The number of halogens is 1. The van der Waals surface area contributed by atoms with Crippen molar-refractivity contribution < 1.29 is 13.2 Å². The van der Waals surface area contributed by atoms with Crippen molar-refractivity contribution in [3.05, 3.63) is 23.1 Å². The molecule has 11 heteroatoms. The Bertz CT molecular complexity index is 1000. The number of pyridine rings is 1. The molecule has 30 heavy (non-hydrogen) atoms. The smallest absolute Gasteiger partial charge is 0.232 e. The van der Waals surface area contributed by atoms with Gasteiger partial charge in [0.15, 0.2) is 10.3 Å². The van der Waals surface area contributed by atoms with Gasteiger partial charge in [0.05, 0.1) is 22.0 Å². The minimum Gasteiger partial charge on any atom is -0.316 e. The standard InChI is InChI=1S/C19H28ClN5O3S2/c1-12-16(29-18(23-12)24-13(2)26)14-9-15(17(20)22-10-14)25-30(27,28)8-6-7-21-11-19(3,4)5/h9-10,21,25H,6-8,11H2,1-5H3,(H,23,24,26). The number of sulfonamides is 1. The number of anilines is 2. The summed E-state index contributed by atoms with van der Waals surface area (Å²) in [5, 5.41) is 6.44. The highest BCUT2D eigenvalue weighted by atomic mass is 35.5. The lowest BCUT2D eigenvalue weighted by atomic mass is 9.97. The second-order valence-corrected chi connectivity index (χ2v) is 11.4. The number of aromatic nitrogens is 2. The molecule has 0 saturated heterocycles. The SMILES string of the molecule is CC(=O)Nc1nc(C)c(-c2cnc(Cl)c(NS(=O)(=O)CCCNCC(C)(C)C)c2)s1. The number of carbonyl (C=O) groups is 1. The fourth-order valence-corrected chi connectivity index (χ4v) is 4.90. The highest BCUT2D eigenvalue weighted by Crippen LogP contribution is 2.35. The van der Waals surface area contributed by atoms with Crippen LogP contribution in [-0.4, -0.2) is 43.1 Å². The Hall–Kier alpha value is -1.75. The molecule has 0 aromatic carbocycles. The molecule has 2 aromatic heterocycles. The Morgan fingerprint density at radius 3 is 2.63 bits per heavy atom. The minimum atomic E-state index is -3.58. The Morgan fingerprint density at radius 2 is 2.00 bits per heavy atom. The first kappa shape index (κ1) is 24.5. The van der Waals surface area contributed by atoms with Gasteiger partial charge in [0.1, 0.15) is 0 Å². The van der Waals surface area contributed by atoms with Gasteiger partial charge in [-0.1, -0.05) is 43.7 Å². The quantitative estimate of drug-likeness (QED) is 0.376. The van der Waals surface area contributed by atoms with Crippen molar-refractivity contribution in [3.63, 3.8) is 0 Å². The summed E-state index contributed by atoms with van der Waals surface area (Å²) < 4.78 is 27.5. The fraction of sp³-hybridized carbons (Fsp3) is 0.526. The Labute approximate surface area is 186 Å². The molecule has 0 atom stereocenters. The third-order valence-electron chi connectivity index (χ3n) is 3.87. The van der Waals surface area contributed by atoms with Crippen molar-refractivity contribution >= 4 is 49.7 Å². The normalized spacial score (nSPS) is 12.1. The third kappa shape index (κ3) is 7.82. The third-order valence-corrected chi connectivity index (χ3v) is 6.65. The Morgan fingerprint density at radius 1 is 1.30 bits per heavy atom. The largest absolute Gasteiger partial charge is 0.316 e. The second kappa shape index (κ2) is 10.0. The molecular formula is C19H28ClN5O3S2. The molecule has 0 bridgehead atoms. The average Bonchev–Trinajstić information content (AvgIpc) is 2.94. The molecule has 0 unspecified atom stereocenters. The molecule has 0 aliphatic heterocycles. The predicted octanol–water partition coefficient (Wildman–Crippen LogP) is 3.89. The average molecular weight is 474 g/mol. The molecule has 0 saturated carbocycles. The number of hydrogen-bond acceptors (Lipinski definition) is 7. The van der Waals surface area contributed by atoms with Gasteiger partial charge in [0.2, 0.25) is 15.9 Å². The zero-order chi connectivity index (χ0) is 22.5. The van der Waals surface area contributed by atoms with Crippen LogP contribution in [0.1, 0.15) is 39.8 Å². The van der Waals surface area contributed by atoms with Crippen LogP contribution in [0, 0.1) is 12.3 Å². The minimum absolute atomic E-state index is 0.0308. The highest BCUT2D eigenvalue weighted by molar-refractivity contribution is 7.92. The van der Waals surface area contributed by atoms with Gasteiger partial charge in [-0.3, -0.25) is 9.52 Å². The number of nitrogens with zero attached hydrogens (tertiary/aromatic N) is 2. The van der Waals surface area contributed by atoms with E-state index in [1.165, 1.54) is 18.3 Å². The van der Waals surface area contributed by atoms with Gasteiger partial charge >= 0.3 is 0 Å². The number of thiazole rings is 1. The summed E-state index contributed by atoms with van der Waals surface area (Å²) in [7, 11) is -3.58. The van der Waals surface area contributed by atoms with E-state index < -0.39 is 10.0 Å². The van der Waals surface area contributed by atoms with Crippen LogP contribution in [0.3, 0.4) is 0 Å². The second-order valence-electron chi connectivity index (χ2n) is 8.19. The molecule has 0 aliphatic rings. The van der Waals surface area contributed by atoms with Crippen molar-refractivity contribution in [1.82, 2.24) is 15.3 Å². The molecule has 1 amide bonds. The summed E-state index contributed by atoms with van der Waals surface area (Å²) in [6.07, 6.45) is 2.03. The first-order valence-corrected chi connectivity index (χ1v) is 12.3. The van der Waals surface area contributed by atoms with E-state index in [0.29, 0.717) is 29.4 Å². The number of carbonyl (C=O) groups excluding carboxylic acids is 1. The molecule has 2 heterocycles. The first-order chi connectivity index (χ1) is 13.9. The molecule has 166 valence electrons. The maximum atomic E-state index is 12.5. The van der Waals surface area contributed by atoms with Gasteiger partial charge in [0.25, 0.3) is 0 Å². The number of aryl methyl sites for hydroxylation is 1. The summed E-state index contributed by atoms with van der Waals surface area (Å²) in [4.78, 5) is 20.4. The molecule has 0 aliphatic carbocycles. The van der Waals surface area contributed by atoms with Crippen LogP contribution in [0.2, 0.25) is 5.15 Å². The molecule has 3 N–H and O–H groups in total. The van der Waals surface area contributed by atoms with Gasteiger partial charge in [-0.15, -0.1) is 0 Å². The van der Waals surface area contributed by atoms with E-state index >= 15 is 0 Å². The summed E-state index contributed by atoms with van der Waals surface area (Å²) in [6, 6.07) is 1.63. The van der Waals surface area contributed by atoms with Gasteiger partial charge in [-0.25, -0.2) is 18.4 Å². The maximum Gasteiger partial charge on any atom is 0.232 e. The van der Waals surface area contributed by atoms with E-state index in [4.69, 9.17) is 11.6 Å². The zero-order valence-corrected chi connectivity index (χ0v) is 20.2. The lowest BCUT2D eigenvalue weighted by Crippen LogP contribution is -2.29. The fourth-order valence-electron chi connectivity index (χ4n) is 2.58. The number of hydrogen-bond donors (Lipinski definition) is 3. The van der Waals surface area contributed by atoms with E-state index in [9.17, 15) is 13.2 Å². The van der Waals surface area contributed by atoms with Gasteiger partial charge in [-0.2, -0.15) is 0 Å². The van der Waals surface area contributed by atoms with Crippen LogP contribution in [0.15, 0.2) is 12.3 Å². The van der Waals surface area contributed by atoms with Crippen LogP contribution in [0.25, 0.3) is 10.4 Å². The van der Waals surface area contributed by atoms with Crippen molar-refractivity contribution in [2.45, 2.75) is 41.0 Å². The molecule has 0 fully saturated rings. The van der Waals surface area contributed by atoms with Crippen LogP contribution >= 0.6 is 22.9 Å². The van der Waals surface area contributed by atoms with Crippen LogP contribution < -0.4 is 15.4 Å². The van der Waals surface area contributed by atoms with E-state index in [-0.39, 0.29) is 27.9 Å². The van der Waals surface area contributed by atoms with Gasteiger partial charge < -0.3 is 10.6 Å². The molecular weight excluding hydrogens is 446 g/mol. The maximum absolute atomic E-state index is 12.5. The van der Waals surface area contributed by atoms with Crippen molar-refractivity contribution in [2.75, 3.05) is 28.9 Å². The van der Waals surface area contributed by atoms with Crippen molar-refractivity contribution in [2.24, 2.45) is 5.41 Å². The molecule has 2 rings (SSSR count). The Kier molecular flexibility index (Phi) is 8.20. The summed E-state index contributed by atoms with van der Waals surface area (Å²) in [5.41, 5.74) is 1.72. The van der Waals surface area contributed by atoms with Gasteiger partial charge in [-0.05, 0) is 37.9 Å². The summed E-state index contributed by atoms with van der Waals surface area (Å²) >= 11 is 7.40. The number of amides is 1.